The maximum atomic E-state index is 12.8. The molecule has 1 unspecified atom stereocenters. The Morgan fingerprint density at radius 3 is 2.37 bits per heavy atom. The molecule has 1 aromatic rings. The monoisotopic (exact) mass is 386 g/mol. The molecule has 2 aliphatic heterocycles. The van der Waals surface area contributed by atoms with E-state index in [1.54, 1.807) is 4.90 Å². The van der Waals surface area contributed by atoms with Gasteiger partial charge in [0.1, 0.15) is 6.33 Å². The Balaban J connectivity index is 1.63. The quantitative estimate of drug-likeness (QED) is 0.781. The lowest BCUT2D eigenvalue weighted by atomic mass is 9.85. The van der Waals surface area contributed by atoms with Gasteiger partial charge in [-0.2, -0.15) is 13.2 Å². The predicted octanol–water partition coefficient (Wildman–Crippen LogP) is 2.63. The van der Waals surface area contributed by atoms with Gasteiger partial charge in [-0.25, -0.2) is 14.8 Å². The van der Waals surface area contributed by atoms with Crippen LogP contribution >= 0.6 is 0 Å². The van der Waals surface area contributed by atoms with Crippen molar-refractivity contribution in [3.05, 3.63) is 24.3 Å². The summed E-state index contributed by atoms with van der Waals surface area (Å²) in [5, 5.41) is 0. The summed E-state index contributed by atoms with van der Waals surface area (Å²) in [7, 11) is 0. The van der Waals surface area contributed by atoms with E-state index in [4.69, 9.17) is 0 Å². The molecule has 1 aromatic heterocycles. The molecular formula is C17H21F3N4O3. The van der Waals surface area contributed by atoms with Crippen molar-refractivity contribution in [3.63, 3.8) is 0 Å². The highest BCUT2D eigenvalue weighted by Gasteiger charge is 2.47. The predicted molar refractivity (Wildman–Crippen MR) is 87.8 cm³/mol. The number of halogens is 3. The molecule has 0 saturated carbocycles. The number of amides is 2. The Morgan fingerprint density at radius 1 is 1.15 bits per heavy atom. The zero-order valence-electron chi connectivity index (χ0n) is 14.9. The molecule has 2 amide bonds. The van der Waals surface area contributed by atoms with Crippen molar-refractivity contribution in [1.82, 2.24) is 19.8 Å². The van der Waals surface area contributed by atoms with Crippen molar-refractivity contribution in [1.29, 1.82) is 0 Å². The molecule has 2 fully saturated rings. The average molecular weight is 386 g/mol. The molecule has 1 atom stereocenters. The third-order valence-corrected chi connectivity index (χ3v) is 5.34. The number of likely N-dealkylation sites (tertiary alicyclic amines) is 2. The summed E-state index contributed by atoms with van der Waals surface area (Å²) in [5.74, 6) is -0.158. The van der Waals surface area contributed by atoms with Gasteiger partial charge >= 0.3 is 12.3 Å². The highest BCUT2D eigenvalue weighted by molar-refractivity contribution is 5.94. The minimum absolute atomic E-state index is 0.158. The van der Waals surface area contributed by atoms with Crippen molar-refractivity contribution in [2.24, 2.45) is 0 Å². The van der Waals surface area contributed by atoms with Crippen molar-refractivity contribution in [3.8, 4) is 0 Å². The second kappa shape index (κ2) is 7.32. The van der Waals surface area contributed by atoms with E-state index in [9.17, 15) is 22.8 Å². The summed E-state index contributed by atoms with van der Waals surface area (Å²) < 4.78 is 42.2. The number of hydrogen-bond donors (Lipinski definition) is 0. The van der Waals surface area contributed by atoms with Crippen LogP contribution in [0.15, 0.2) is 18.7 Å². The molecule has 0 N–H and O–H groups in total. The Morgan fingerprint density at radius 2 is 1.78 bits per heavy atom. The molecule has 0 bridgehead atoms. The van der Waals surface area contributed by atoms with Gasteiger partial charge in [0.2, 0.25) is 0 Å². The van der Waals surface area contributed by atoms with Crippen LogP contribution in [0, 0.1) is 0 Å². The van der Waals surface area contributed by atoms with E-state index >= 15 is 0 Å². The average Bonchev–Trinajstić information content (AvgIpc) is 3.04. The van der Waals surface area contributed by atoms with Crippen LogP contribution in [0.2, 0.25) is 0 Å². The van der Waals surface area contributed by atoms with Crippen molar-refractivity contribution in [2.45, 2.75) is 50.4 Å². The summed E-state index contributed by atoms with van der Waals surface area (Å²) in [6.45, 7) is 1.91. The number of carbonyl (C=O) groups is 2. The van der Waals surface area contributed by atoms with E-state index in [1.807, 2.05) is 0 Å². The number of hydrogen-bond acceptors (Lipinski definition) is 5. The molecule has 0 radical (unpaired) electrons. The van der Waals surface area contributed by atoms with Gasteiger partial charge in [-0.05, 0) is 32.6 Å². The summed E-state index contributed by atoms with van der Waals surface area (Å²) in [4.78, 5) is 35.6. The van der Waals surface area contributed by atoms with Crippen molar-refractivity contribution in [2.75, 3.05) is 19.6 Å². The number of ether oxygens (including phenoxy) is 1. The van der Waals surface area contributed by atoms with Crippen LogP contribution in [0.4, 0.5) is 18.0 Å². The van der Waals surface area contributed by atoms with Crippen molar-refractivity contribution >= 4 is 12.0 Å². The number of aromatic nitrogens is 2. The molecule has 2 aliphatic rings. The summed E-state index contributed by atoms with van der Waals surface area (Å²) in [6, 6.07) is 0. The van der Waals surface area contributed by atoms with Crippen LogP contribution in [-0.4, -0.2) is 69.2 Å². The van der Waals surface area contributed by atoms with Gasteiger partial charge in [0, 0.05) is 37.6 Å². The number of nitrogens with zero attached hydrogens (tertiary/aromatic N) is 4. The largest absolute Gasteiger partial charge is 0.437 e. The standard InChI is InChI=1S/C17H21F3N4O3/c1-12(17(18,19)20)27-15(26)23-7-4-16(5-8-23)3-2-6-24(16)14(25)13-9-21-11-22-10-13/h9-12H,2-8H2,1H3. The molecular weight excluding hydrogens is 365 g/mol. The first-order valence-electron chi connectivity index (χ1n) is 8.82. The van der Waals surface area contributed by atoms with Crippen LogP contribution in [0.25, 0.3) is 0 Å². The maximum Gasteiger partial charge on any atom is 0.425 e. The van der Waals surface area contributed by atoms with Gasteiger partial charge in [0.05, 0.1) is 5.56 Å². The molecule has 10 heteroatoms. The minimum atomic E-state index is -4.58. The number of carbonyl (C=O) groups excluding carboxylic acids is 2. The van der Waals surface area contributed by atoms with E-state index < -0.39 is 18.4 Å². The molecule has 1 spiro atoms. The number of alkyl halides is 3. The van der Waals surface area contributed by atoms with Crippen LogP contribution in [-0.2, 0) is 4.74 Å². The third kappa shape index (κ3) is 3.98. The van der Waals surface area contributed by atoms with Gasteiger partial charge in [-0.1, -0.05) is 0 Å². The SMILES string of the molecule is CC(OC(=O)N1CCC2(CCCN2C(=O)c2cncnc2)CC1)C(F)(F)F. The van der Waals surface area contributed by atoms with E-state index in [-0.39, 0.29) is 24.5 Å². The number of piperidine rings is 1. The molecule has 27 heavy (non-hydrogen) atoms. The lowest BCUT2D eigenvalue weighted by Crippen LogP contribution is -2.55. The number of rotatable bonds is 2. The van der Waals surface area contributed by atoms with E-state index in [0.29, 0.717) is 24.9 Å². The van der Waals surface area contributed by atoms with Crippen LogP contribution in [0.3, 0.4) is 0 Å². The first-order chi connectivity index (χ1) is 12.7. The zero-order chi connectivity index (χ0) is 19.7. The molecule has 148 valence electrons. The molecule has 0 aromatic carbocycles. The Kier molecular flexibility index (Phi) is 5.25. The molecule has 7 nitrogen and oxygen atoms in total. The topological polar surface area (TPSA) is 75.6 Å². The highest BCUT2D eigenvalue weighted by atomic mass is 19.4. The van der Waals surface area contributed by atoms with Crippen LogP contribution < -0.4 is 0 Å². The second-order valence-electron chi connectivity index (χ2n) is 6.97. The lowest BCUT2D eigenvalue weighted by molar-refractivity contribution is -0.200. The van der Waals surface area contributed by atoms with E-state index in [0.717, 1.165) is 19.8 Å². The van der Waals surface area contributed by atoms with E-state index in [2.05, 4.69) is 14.7 Å². The normalized spacial score (nSPS) is 20.6. The lowest BCUT2D eigenvalue weighted by Gasteiger charge is -2.44. The van der Waals surface area contributed by atoms with E-state index in [1.165, 1.54) is 23.6 Å². The Bertz CT molecular complexity index is 690. The van der Waals surface area contributed by atoms with Gasteiger partial charge in [0.25, 0.3) is 5.91 Å². The Hall–Kier alpha value is -2.39. The minimum Gasteiger partial charge on any atom is -0.437 e. The second-order valence-corrected chi connectivity index (χ2v) is 6.97. The van der Waals surface area contributed by atoms with Gasteiger partial charge in [-0.3, -0.25) is 4.79 Å². The summed E-state index contributed by atoms with van der Waals surface area (Å²) in [5.41, 5.74) is 0.0129. The molecule has 3 heterocycles. The summed E-state index contributed by atoms with van der Waals surface area (Å²) >= 11 is 0. The smallest absolute Gasteiger partial charge is 0.425 e. The first-order valence-corrected chi connectivity index (χ1v) is 8.82. The fraction of sp³-hybridized carbons (Fsp3) is 0.647. The van der Waals surface area contributed by atoms with Crippen molar-refractivity contribution < 1.29 is 27.5 Å². The first kappa shape index (κ1) is 19.4. The Labute approximate surface area is 154 Å². The third-order valence-electron chi connectivity index (χ3n) is 5.34. The molecule has 0 aliphatic carbocycles. The fourth-order valence-electron chi connectivity index (χ4n) is 3.74. The van der Waals surface area contributed by atoms with Crippen LogP contribution in [0.5, 0.6) is 0 Å². The molecule has 3 rings (SSSR count). The van der Waals surface area contributed by atoms with Gasteiger partial charge in [0.15, 0.2) is 6.10 Å². The zero-order valence-corrected chi connectivity index (χ0v) is 14.9. The maximum absolute atomic E-state index is 12.8. The fourth-order valence-corrected chi connectivity index (χ4v) is 3.74. The van der Waals surface area contributed by atoms with Crippen LogP contribution in [0.1, 0.15) is 43.0 Å². The highest BCUT2D eigenvalue weighted by Crippen LogP contribution is 2.39. The van der Waals surface area contributed by atoms with Gasteiger partial charge in [-0.15, -0.1) is 0 Å². The molecule has 2 saturated heterocycles. The van der Waals surface area contributed by atoms with Gasteiger partial charge < -0.3 is 14.5 Å². The summed E-state index contributed by atoms with van der Waals surface area (Å²) in [6.07, 6.45) is -0.779.